The van der Waals surface area contributed by atoms with Crippen molar-refractivity contribution in [2.45, 2.75) is 38.6 Å². The predicted octanol–water partition coefficient (Wildman–Crippen LogP) is 3.24. The zero-order chi connectivity index (χ0) is 13.1. The maximum atomic E-state index is 4.70. The van der Waals surface area contributed by atoms with E-state index >= 15 is 0 Å². The van der Waals surface area contributed by atoms with Gasteiger partial charge in [0.15, 0.2) is 0 Å². The lowest BCUT2D eigenvalue weighted by molar-refractivity contribution is 0.340. The van der Waals surface area contributed by atoms with Crippen LogP contribution in [-0.4, -0.2) is 16.1 Å². The van der Waals surface area contributed by atoms with Crippen LogP contribution in [0.25, 0.3) is 11.0 Å². The Morgan fingerprint density at radius 3 is 2.79 bits per heavy atom. The van der Waals surface area contributed by atoms with Crippen LogP contribution in [0, 0.1) is 5.92 Å². The van der Waals surface area contributed by atoms with Crippen molar-refractivity contribution in [3.8, 4) is 0 Å². The Bertz CT molecular complexity index is 538. The fraction of sp³-hybridized carbons (Fsp3) is 0.562. The third kappa shape index (κ3) is 2.81. The first-order valence-electron chi connectivity index (χ1n) is 7.45. The Morgan fingerprint density at radius 1 is 1.21 bits per heavy atom. The molecule has 0 amide bonds. The number of aryl methyl sites for hydroxylation is 1. The molecule has 3 nitrogen and oxygen atoms in total. The largest absolute Gasteiger partial charge is 0.330 e. The number of imidazole rings is 1. The third-order valence-electron chi connectivity index (χ3n) is 4.32. The van der Waals surface area contributed by atoms with Crippen LogP contribution >= 0.6 is 0 Å². The topological polar surface area (TPSA) is 29.9 Å². The van der Waals surface area contributed by atoms with E-state index in [1.54, 1.807) is 0 Å². The Labute approximate surface area is 115 Å². The quantitative estimate of drug-likeness (QED) is 0.911. The summed E-state index contributed by atoms with van der Waals surface area (Å²) < 4.78 is 2.20. The minimum atomic E-state index is 0.877. The van der Waals surface area contributed by atoms with Gasteiger partial charge in [-0.3, -0.25) is 0 Å². The van der Waals surface area contributed by atoms with E-state index in [0.29, 0.717) is 0 Å². The molecular weight excluding hydrogens is 234 g/mol. The number of hydrogen-bond donors (Lipinski definition) is 1. The van der Waals surface area contributed by atoms with Crippen molar-refractivity contribution in [2.24, 2.45) is 13.0 Å². The molecule has 0 atom stereocenters. The molecule has 0 aliphatic heterocycles. The highest BCUT2D eigenvalue weighted by molar-refractivity contribution is 5.75. The van der Waals surface area contributed by atoms with Crippen molar-refractivity contribution in [3.63, 3.8) is 0 Å². The summed E-state index contributed by atoms with van der Waals surface area (Å²) in [4.78, 5) is 4.70. The standard InChI is InChI=1S/C16H23N3/c1-19-15-10-6-5-9-14(15)18-16(19)12-17-11-13-7-3-2-4-8-13/h5-6,9-10,13,17H,2-4,7-8,11-12H2,1H3. The van der Waals surface area contributed by atoms with Gasteiger partial charge in [-0.25, -0.2) is 4.98 Å². The maximum absolute atomic E-state index is 4.70. The van der Waals surface area contributed by atoms with Gasteiger partial charge in [-0.15, -0.1) is 0 Å². The van der Waals surface area contributed by atoms with Crippen LogP contribution in [0.2, 0.25) is 0 Å². The molecule has 19 heavy (non-hydrogen) atoms. The Hall–Kier alpha value is -1.35. The smallest absolute Gasteiger partial charge is 0.123 e. The lowest BCUT2D eigenvalue weighted by atomic mass is 9.89. The molecule has 1 saturated carbocycles. The summed E-state index contributed by atoms with van der Waals surface area (Å²) in [6.07, 6.45) is 7.06. The highest BCUT2D eigenvalue weighted by Gasteiger charge is 2.13. The average molecular weight is 257 g/mol. The second kappa shape index (κ2) is 5.74. The summed E-state index contributed by atoms with van der Waals surface area (Å²) in [5.41, 5.74) is 2.32. The van der Waals surface area contributed by atoms with Crippen molar-refractivity contribution < 1.29 is 0 Å². The highest BCUT2D eigenvalue weighted by atomic mass is 15.1. The molecule has 1 N–H and O–H groups in total. The molecule has 1 aromatic heterocycles. The minimum absolute atomic E-state index is 0.877. The molecule has 2 aromatic rings. The second-order valence-corrected chi connectivity index (χ2v) is 5.71. The fourth-order valence-corrected chi connectivity index (χ4v) is 3.13. The average Bonchev–Trinajstić information content (AvgIpc) is 2.78. The summed E-state index contributed by atoms with van der Waals surface area (Å²) >= 11 is 0. The Balaban J connectivity index is 1.60. The number of para-hydroxylation sites is 2. The van der Waals surface area contributed by atoms with E-state index in [0.717, 1.165) is 30.3 Å². The van der Waals surface area contributed by atoms with Crippen molar-refractivity contribution in [3.05, 3.63) is 30.1 Å². The van der Waals surface area contributed by atoms with E-state index in [2.05, 4.69) is 41.2 Å². The predicted molar refractivity (Wildman–Crippen MR) is 79.0 cm³/mol. The number of benzene rings is 1. The van der Waals surface area contributed by atoms with E-state index in [1.165, 1.54) is 37.6 Å². The lowest BCUT2D eigenvalue weighted by Gasteiger charge is -2.21. The summed E-state index contributed by atoms with van der Waals surface area (Å²) in [7, 11) is 2.10. The van der Waals surface area contributed by atoms with Crippen LogP contribution in [0.5, 0.6) is 0 Å². The SMILES string of the molecule is Cn1c(CNCC2CCCCC2)nc2ccccc21. The third-order valence-corrected chi connectivity index (χ3v) is 4.32. The van der Waals surface area contributed by atoms with Crippen LogP contribution in [0.15, 0.2) is 24.3 Å². The van der Waals surface area contributed by atoms with Crippen molar-refractivity contribution in [2.75, 3.05) is 6.54 Å². The number of fused-ring (bicyclic) bond motifs is 1. The molecular formula is C16H23N3. The number of aromatic nitrogens is 2. The zero-order valence-corrected chi connectivity index (χ0v) is 11.7. The minimum Gasteiger partial charge on any atom is -0.330 e. The summed E-state index contributed by atoms with van der Waals surface area (Å²) in [5, 5.41) is 3.59. The number of nitrogens with one attached hydrogen (secondary N) is 1. The van der Waals surface area contributed by atoms with Crippen LogP contribution in [0.3, 0.4) is 0 Å². The van der Waals surface area contributed by atoms with Crippen LogP contribution < -0.4 is 5.32 Å². The lowest BCUT2D eigenvalue weighted by Crippen LogP contribution is -2.25. The summed E-state index contributed by atoms with van der Waals surface area (Å²) in [5.74, 6) is 2.01. The van der Waals surface area contributed by atoms with Crippen LogP contribution in [0.4, 0.5) is 0 Å². The van der Waals surface area contributed by atoms with Gasteiger partial charge in [-0.1, -0.05) is 31.4 Å². The van der Waals surface area contributed by atoms with E-state index in [4.69, 9.17) is 4.98 Å². The van der Waals surface area contributed by atoms with Gasteiger partial charge in [0.1, 0.15) is 5.82 Å². The molecule has 102 valence electrons. The number of rotatable bonds is 4. The summed E-state index contributed by atoms with van der Waals surface area (Å²) in [6, 6.07) is 8.34. The molecule has 1 fully saturated rings. The molecule has 0 saturated heterocycles. The molecule has 3 heteroatoms. The van der Waals surface area contributed by atoms with Gasteiger partial charge in [0.25, 0.3) is 0 Å². The Kier molecular flexibility index (Phi) is 3.83. The number of hydrogen-bond acceptors (Lipinski definition) is 2. The highest BCUT2D eigenvalue weighted by Crippen LogP contribution is 2.23. The van der Waals surface area contributed by atoms with Crippen LogP contribution in [-0.2, 0) is 13.6 Å². The molecule has 0 radical (unpaired) electrons. The number of nitrogens with zero attached hydrogens (tertiary/aromatic N) is 2. The molecule has 1 heterocycles. The van der Waals surface area contributed by atoms with Gasteiger partial charge in [-0.05, 0) is 37.4 Å². The van der Waals surface area contributed by atoms with Gasteiger partial charge in [0.05, 0.1) is 17.6 Å². The zero-order valence-electron chi connectivity index (χ0n) is 11.7. The Morgan fingerprint density at radius 2 is 2.00 bits per heavy atom. The second-order valence-electron chi connectivity index (χ2n) is 5.71. The molecule has 1 aliphatic rings. The monoisotopic (exact) mass is 257 g/mol. The maximum Gasteiger partial charge on any atom is 0.123 e. The first-order chi connectivity index (χ1) is 9.34. The fourth-order valence-electron chi connectivity index (χ4n) is 3.13. The van der Waals surface area contributed by atoms with Crippen molar-refractivity contribution in [1.82, 2.24) is 14.9 Å². The van der Waals surface area contributed by atoms with E-state index in [-0.39, 0.29) is 0 Å². The molecule has 1 aliphatic carbocycles. The normalized spacial score (nSPS) is 17.1. The molecule has 3 rings (SSSR count). The first kappa shape index (κ1) is 12.7. The molecule has 0 bridgehead atoms. The molecule has 0 spiro atoms. The molecule has 0 unspecified atom stereocenters. The van der Waals surface area contributed by atoms with Gasteiger partial charge >= 0.3 is 0 Å². The van der Waals surface area contributed by atoms with Gasteiger partial charge in [0, 0.05) is 7.05 Å². The van der Waals surface area contributed by atoms with Crippen molar-refractivity contribution in [1.29, 1.82) is 0 Å². The van der Waals surface area contributed by atoms with Gasteiger partial charge in [0.2, 0.25) is 0 Å². The van der Waals surface area contributed by atoms with E-state index in [9.17, 15) is 0 Å². The van der Waals surface area contributed by atoms with Gasteiger partial charge < -0.3 is 9.88 Å². The summed E-state index contributed by atoms with van der Waals surface area (Å²) in [6.45, 7) is 2.02. The van der Waals surface area contributed by atoms with E-state index in [1.807, 2.05) is 0 Å². The van der Waals surface area contributed by atoms with E-state index < -0.39 is 0 Å². The first-order valence-corrected chi connectivity index (χ1v) is 7.45. The molecule has 1 aromatic carbocycles. The van der Waals surface area contributed by atoms with Crippen LogP contribution in [0.1, 0.15) is 37.9 Å². The van der Waals surface area contributed by atoms with Crippen molar-refractivity contribution >= 4 is 11.0 Å². The van der Waals surface area contributed by atoms with Gasteiger partial charge in [-0.2, -0.15) is 0 Å².